The van der Waals surface area contributed by atoms with E-state index in [1.54, 1.807) is 6.92 Å². The van der Waals surface area contributed by atoms with Gasteiger partial charge in [-0.3, -0.25) is 37.9 Å². The highest BCUT2D eigenvalue weighted by Gasteiger charge is 2.57. The standard InChI is InChI=1S/C68H118N4O33S2/c1-41-40-47(50(71-43(3)73)54(81)52(41)79)100-58-56(83)60(104-106(89,90)91)67(102-62(58)64(85)86)97-36-23-15-7-11-19-28-45(75)26-17-9-5-13-21-32-69-48(77)30-38-95-34-25-35-96-39-31-49(78)70-33-22-14-6-10-18-27-46(76)29-20-12-8-16-24-37-98-68-61(105-107(92,93)94)57(84)59(63(103-68)65(87)88)101-66-51(72-44(4)74)55(82)53(80)42(2)99-66/h41-42,47,50-63,66-68,79-84H,5-40H2,1-4H3,(H,69,77)(H,70,78)(H,71,73)(H,72,74)(H,85,86)(H,87,88)(H,89,90,91)(H,92,93,94). The maximum Gasteiger partial charge on any atom is 0.397 e. The van der Waals surface area contributed by atoms with Crippen molar-refractivity contribution in [2.75, 3.05) is 52.7 Å². The molecule has 620 valence electrons. The molecule has 3 heterocycles. The third-order valence-corrected chi connectivity index (χ3v) is 19.6. The van der Waals surface area contributed by atoms with Crippen LogP contribution in [0, 0.1) is 5.92 Å². The monoisotopic (exact) mass is 1580 g/mol. The van der Waals surface area contributed by atoms with Gasteiger partial charge in [-0.25, -0.2) is 18.0 Å². The van der Waals surface area contributed by atoms with Gasteiger partial charge < -0.3 is 105 Å². The molecule has 0 aromatic rings. The third kappa shape index (κ3) is 36.6. The summed E-state index contributed by atoms with van der Waals surface area (Å²) >= 11 is 0. The fraction of sp³-hybridized carbons (Fsp3) is 0.882. The second-order valence-corrected chi connectivity index (χ2v) is 29.8. The van der Waals surface area contributed by atoms with Crippen LogP contribution in [0.3, 0.4) is 0 Å². The zero-order valence-corrected chi connectivity index (χ0v) is 63.3. The van der Waals surface area contributed by atoms with E-state index in [0.717, 1.165) is 97.3 Å². The van der Waals surface area contributed by atoms with Crippen molar-refractivity contribution in [1.29, 1.82) is 0 Å². The number of Topliss-reactive ketones (excluding diaryl/α,β-unsaturated/α-hetero) is 2. The van der Waals surface area contributed by atoms with Gasteiger partial charge in [0.05, 0.1) is 37.6 Å². The molecule has 1 aliphatic carbocycles. The summed E-state index contributed by atoms with van der Waals surface area (Å²) in [5, 5.41) is 95.1. The number of carbonyl (C=O) groups excluding carboxylic acids is 6. The number of carboxylic acid groups (broad SMARTS) is 2. The molecule has 20 unspecified atom stereocenters. The predicted molar refractivity (Wildman–Crippen MR) is 373 cm³/mol. The molecule has 0 aromatic carbocycles. The number of aliphatic hydroxyl groups is 6. The zero-order valence-electron chi connectivity index (χ0n) is 61.7. The first-order chi connectivity index (χ1) is 50.7. The maximum atomic E-state index is 12.5. The Labute approximate surface area is 625 Å². The Kier molecular flexibility index (Phi) is 44.5. The lowest BCUT2D eigenvalue weighted by Gasteiger charge is -2.46. The van der Waals surface area contributed by atoms with Crippen LogP contribution in [0.25, 0.3) is 0 Å². The molecule has 37 nitrogen and oxygen atoms in total. The number of aliphatic hydroxyl groups excluding tert-OH is 6. The number of hydrogen-bond acceptors (Lipinski definition) is 29. The first-order valence-electron chi connectivity index (χ1n) is 37.3. The Hall–Kier alpha value is -4.70. The summed E-state index contributed by atoms with van der Waals surface area (Å²) in [7, 11) is -10.5. The summed E-state index contributed by atoms with van der Waals surface area (Å²) in [4.78, 5) is 98.0. The highest BCUT2D eigenvalue weighted by molar-refractivity contribution is 7.81. The van der Waals surface area contributed by atoms with Crippen molar-refractivity contribution < 1.29 is 156 Å². The lowest BCUT2D eigenvalue weighted by molar-refractivity contribution is -0.335. The Morgan fingerprint density at radius 3 is 1.18 bits per heavy atom. The number of hydrogen-bond donors (Lipinski definition) is 14. The van der Waals surface area contributed by atoms with Crippen molar-refractivity contribution >= 4 is 67.9 Å². The Morgan fingerprint density at radius 1 is 0.402 bits per heavy atom. The summed E-state index contributed by atoms with van der Waals surface area (Å²) in [6.45, 7) is 7.42. The van der Waals surface area contributed by atoms with Crippen LogP contribution < -0.4 is 21.3 Å². The zero-order chi connectivity index (χ0) is 79.2. The van der Waals surface area contributed by atoms with Crippen LogP contribution in [0.2, 0.25) is 0 Å². The average molecular weight is 1580 g/mol. The van der Waals surface area contributed by atoms with Crippen LogP contribution in [-0.2, 0) is 110 Å². The van der Waals surface area contributed by atoms with Gasteiger partial charge in [-0.2, -0.15) is 16.8 Å². The summed E-state index contributed by atoms with van der Waals surface area (Å²) in [5.74, 6) is -5.07. The third-order valence-electron chi connectivity index (χ3n) is 18.7. The molecule has 4 rings (SSSR count). The van der Waals surface area contributed by atoms with E-state index >= 15 is 0 Å². The Balaban J connectivity index is 0.900. The predicted octanol–water partition coefficient (Wildman–Crippen LogP) is 1.05. The van der Waals surface area contributed by atoms with E-state index < -0.39 is 167 Å². The van der Waals surface area contributed by atoms with E-state index in [1.807, 2.05) is 0 Å². The van der Waals surface area contributed by atoms with Gasteiger partial charge in [0.1, 0.15) is 60.3 Å². The van der Waals surface area contributed by atoms with Gasteiger partial charge in [0.2, 0.25) is 23.6 Å². The largest absolute Gasteiger partial charge is 0.479 e. The van der Waals surface area contributed by atoms with Gasteiger partial charge in [0.15, 0.2) is 43.3 Å². The van der Waals surface area contributed by atoms with Crippen molar-refractivity contribution in [1.82, 2.24) is 21.3 Å². The van der Waals surface area contributed by atoms with Gasteiger partial charge in [0, 0.05) is 91.9 Å². The van der Waals surface area contributed by atoms with E-state index in [0.29, 0.717) is 103 Å². The summed E-state index contributed by atoms with van der Waals surface area (Å²) in [5.41, 5.74) is 0. The quantitative estimate of drug-likeness (QED) is 0.0299. The molecule has 20 atom stereocenters. The number of rotatable bonds is 56. The molecule has 0 radical (unpaired) electrons. The molecular formula is C68H118N4O33S2. The lowest BCUT2D eigenvalue weighted by Crippen LogP contribution is -2.67. The van der Waals surface area contributed by atoms with Gasteiger partial charge in [-0.05, 0) is 77.0 Å². The molecule has 39 heteroatoms. The minimum Gasteiger partial charge on any atom is -0.479 e. The van der Waals surface area contributed by atoms with E-state index in [-0.39, 0.29) is 69.1 Å². The van der Waals surface area contributed by atoms with Gasteiger partial charge >= 0.3 is 32.7 Å². The van der Waals surface area contributed by atoms with Gasteiger partial charge in [-0.15, -0.1) is 0 Å². The van der Waals surface area contributed by atoms with Crippen molar-refractivity contribution in [2.24, 2.45) is 5.92 Å². The van der Waals surface area contributed by atoms with E-state index in [1.165, 1.54) is 6.92 Å². The van der Waals surface area contributed by atoms with Gasteiger partial charge in [-0.1, -0.05) is 84.0 Å². The molecule has 14 N–H and O–H groups in total. The van der Waals surface area contributed by atoms with Crippen molar-refractivity contribution in [3.05, 3.63) is 0 Å². The molecule has 3 saturated heterocycles. The number of nitrogens with one attached hydrogen (secondary N) is 4. The fourth-order valence-corrected chi connectivity index (χ4v) is 13.9. The molecule has 4 amide bonds. The van der Waals surface area contributed by atoms with Crippen LogP contribution >= 0.6 is 0 Å². The number of carboxylic acids is 2. The lowest BCUT2D eigenvalue weighted by atomic mass is 9.80. The smallest absolute Gasteiger partial charge is 0.397 e. The molecule has 107 heavy (non-hydrogen) atoms. The number of carbonyl (C=O) groups is 8. The van der Waals surface area contributed by atoms with Crippen molar-refractivity contribution in [3.8, 4) is 0 Å². The molecule has 4 aliphatic rings. The van der Waals surface area contributed by atoms with Crippen LogP contribution in [-0.4, -0.2) is 283 Å². The molecular weight excluding hydrogens is 1460 g/mol. The molecule has 0 spiro atoms. The summed E-state index contributed by atoms with van der Waals surface area (Å²) in [6, 6.07) is -2.71. The van der Waals surface area contributed by atoms with Gasteiger partial charge in [0.25, 0.3) is 0 Å². The minimum atomic E-state index is -5.28. The number of amides is 4. The van der Waals surface area contributed by atoms with E-state index in [2.05, 4.69) is 29.6 Å². The summed E-state index contributed by atoms with van der Waals surface area (Å²) in [6.07, 6.45) is -12.0. The van der Waals surface area contributed by atoms with Crippen molar-refractivity contribution in [3.63, 3.8) is 0 Å². The fourth-order valence-electron chi connectivity index (χ4n) is 12.9. The molecule has 0 bridgehead atoms. The maximum absolute atomic E-state index is 12.5. The summed E-state index contributed by atoms with van der Waals surface area (Å²) < 4.78 is 126. The van der Waals surface area contributed by atoms with Crippen LogP contribution in [0.5, 0.6) is 0 Å². The molecule has 1 saturated carbocycles. The number of ether oxygens (including phenoxy) is 9. The topological polar surface area (TPSA) is 557 Å². The number of unbranched alkanes of at least 4 members (excludes halogenated alkanes) is 16. The Morgan fingerprint density at radius 2 is 0.776 bits per heavy atom. The van der Waals surface area contributed by atoms with E-state index in [4.69, 9.17) is 42.6 Å². The van der Waals surface area contributed by atoms with Crippen molar-refractivity contribution in [2.45, 2.75) is 324 Å². The minimum absolute atomic E-state index is 0.0145. The second kappa shape index (κ2) is 50.3. The Bertz CT molecular complexity index is 2720. The van der Waals surface area contributed by atoms with Crippen LogP contribution in [0.1, 0.15) is 207 Å². The first kappa shape index (κ1) is 94.7. The number of ketones is 2. The second-order valence-electron chi connectivity index (χ2n) is 27.7. The van der Waals surface area contributed by atoms with E-state index in [9.17, 15) is 105 Å². The molecule has 0 aromatic heterocycles. The molecule has 3 aliphatic heterocycles. The first-order valence-corrected chi connectivity index (χ1v) is 40.0. The highest BCUT2D eigenvalue weighted by Crippen LogP contribution is 2.36. The van der Waals surface area contributed by atoms with Crippen LogP contribution in [0.4, 0.5) is 0 Å². The highest BCUT2D eigenvalue weighted by atomic mass is 32.3. The number of aliphatic carboxylic acids is 2. The SMILES string of the molecule is CC(=O)NC1C(OC2C(C(=O)O)OC(OCCCCCCCC(=O)CCCCCCCNC(=O)CCOCCCOCCC(=O)NCCCCCCCC(=O)CCCCCCCOC3OC(C(=O)O)C(OC4OC(C)C(O)C(O)C4NC(C)=O)C(O)C3OS(=O)(=O)O)C(OS(=O)(=O)O)C2O)CC(C)C(O)C1O. The normalized spacial score (nSPS) is 29.0. The van der Waals surface area contributed by atoms with Crippen LogP contribution in [0.15, 0.2) is 0 Å². The molecule has 4 fully saturated rings. The average Bonchev–Trinajstić information content (AvgIpc) is 0.779.